The summed E-state index contributed by atoms with van der Waals surface area (Å²) in [5, 5.41) is 13.3. The normalized spacial score (nSPS) is 17.1. The Balaban J connectivity index is 1.42. The number of H-pyrrole nitrogens is 1. The van der Waals surface area contributed by atoms with Crippen LogP contribution in [0.1, 0.15) is 24.1 Å². The number of amides is 1. The van der Waals surface area contributed by atoms with Crippen LogP contribution in [0.15, 0.2) is 42.7 Å². The number of aromatic amines is 1. The Morgan fingerprint density at radius 2 is 1.94 bits per heavy atom. The molecule has 3 N–H and O–H groups in total. The van der Waals surface area contributed by atoms with Crippen LogP contribution in [-0.4, -0.2) is 69.2 Å². The maximum Gasteiger partial charge on any atom is 0.407 e. The van der Waals surface area contributed by atoms with Gasteiger partial charge in [-0.05, 0) is 55.3 Å². The van der Waals surface area contributed by atoms with Crippen LogP contribution in [0, 0.1) is 5.82 Å². The summed E-state index contributed by atoms with van der Waals surface area (Å²) in [6, 6.07) is 7.00. The molecule has 0 aliphatic carbocycles. The van der Waals surface area contributed by atoms with E-state index in [4.69, 9.17) is 5.11 Å². The highest BCUT2D eigenvalue weighted by atomic mass is 19.1. The quantitative estimate of drug-likeness (QED) is 0.550. The number of nitrogens with one attached hydrogen (secondary N) is 2. The minimum absolute atomic E-state index is 0.229. The molecule has 1 aromatic carbocycles. The zero-order chi connectivity index (χ0) is 22.9. The lowest BCUT2D eigenvalue weighted by Crippen LogP contribution is -2.33. The van der Waals surface area contributed by atoms with E-state index in [1.807, 2.05) is 18.2 Å². The van der Waals surface area contributed by atoms with Crippen LogP contribution < -0.4 is 5.32 Å². The first-order chi connectivity index (χ1) is 16.0. The molecule has 33 heavy (non-hydrogen) atoms. The molecule has 5 rings (SSSR count). The third kappa shape index (κ3) is 4.31. The molecule has 0 radical (unpaired) electrons. The summed E-state index contributed by atoms with van der Waals surface area (Å²) < 4.78 is 14.6. The lowest BCUT2D eigenvalue weighted by atomic mass is 9.98. The number of likely N-dealkylation sites (N-methyl/N-ethyl adjacent to an activating group) is 1. The predicted molar refractivity (Wildman–Crippen MR) is 126 cm³/mol. The third-order valence-corrected chi connectivity index (χ3v) is 6.24. The molecule has 2 aromatic heterocycles. The fraction of sp³-hybridized carbons (Fsp3) is 0.292. The molecule has 9 heteroatoms. The first-order valence-corrected chi connectivity index (χ1v) is 10.9. The van der Waals surface area contributed by atoms with Crippen LogP contribution in [0.5, 0.6) is 0 Å². The number of halogens is 1. The number of carbonyl (C=O) groups is 1. The summed E-state index contributed by atoms with van der Waals surface area (Å²) in [4.78, 5) is 26.8. The molecule has 0 bridgehead atoms. The Hall–Kier alpha value is -3.72. The Morgan fingerprint density at radius 1 is 1.12 bits per heavy atom. The van der Waals surface area contributed by atoms with Crippen LogP contribution in [-0.2, 0) is 0 Å². The van der Waals surface area contributed by atoms with Crippen molar-refractivity contribution in [3.05, 3.63) is 59.8 Å². The molecule has 2 aliphatic rings. The average molecular weight is 449 g/mol. The number of aromatic nitrogens is 3. The van der Waals surface area contributed by atoms with Crippen molar-refractivity contribution in [3.8, 4) is 0 Å². The minimum Gasteiger partial charge on any atom is -0.465 e. The second-order valence-electron chi connectivity index (χ2n) is 8.44. The van der Waals surface area contributed by atoms with Gasteiger partial charge in [-0.15, -0.1) is 0 Å². The van der Waals surface area contributed by atoms with E-state index in [1.54, 1.807) is 6.07 Å². The van der Waals surface area contributed by atoms with Crippen LogP contribution in [0.3, 0.4) is 0 Å². The van der Waals surface area contributed by atoms with Gasteiger partial charge in [-0.25, -0.2) is 19.2 Å². The monoisotopic (exact) mass is 448 g/mol. The van der Waals surface area contributed by atoms with Gasteiger partial charge in [0.25, 0.3) is 0 Å². The van der Waals surface area contributed by atoms with Gasteiger partial charge in [0.2, 0.25) is 0 Å². The highest BCUT2D eigenvalue weighted by molar-refractivity contribution is 5.92. The Kier molecular flexibility index (Phi) is 5.55. The fourth-order valence-electron chi connectivity index (χ4n) is 4.30. The summed E-state index contributed by atoms with van der Waals surface area (Å²) in [7, 11) is 2.05. The van der Waals surface area contributed by atoms with Gasteiger partial charge in [0.15, 0.2) is 0 Å². The number of nitrogens with zero attached hydrogens (tertiary/aromatic N) is 4. The molecule has 3 aromatic rings. The van der Waals surface area contributed by atoms with Gasteiger partial charge in [0, 0.05) is 43.1 Å². The second kappa shape index (κ2) is 8.67. The largest absolute Gasteiger partial charge is 0.465 e. The molecule has 0 atom stereocenters. The average Bonchev–Trinajstić information content (AvgIpc) is 3.26. The first-order valence-electron chi connectivity index (χ1n) is 10.9. The van der Waals surface area contributed by atoms with Crippen LogP contribution in [0.2, 0.25) is 0 Å². The molecule has 2 aliphatic heterocycles. The molecule has 0 fully saturated rings. The summed E-state index contributed by atoms with van der Waals surface area (Å²) in [6.07, 6.45) is 6.01. The summed E-state index contributed by atoms with van der Waals surface area (Å²) in [5.74, 6) is 0.397. The molecule has 0 unspecified atom stereocenters. The van der Waals surface area contributed by atoms with Gasteiger partial charge in [0.05, 0.1) is 5.39 Å². The van der Waals surface area contributed by atoms with E-state index in [1.165, 1.54) is 17.3 Å². The van der Waals surface area contributed by atoms with Crippen LogP contribution in [0.4, 0.5) is 20.7 Å². The van der Waals surface area contributed by atoms with E-state index < -0.39 is 6.09 Å². The van der Waals surface area contributed by atoms with E-state index in [0.717, 1.165) is 47.4 Å². The number of hydrogen-bond acceptors (Lipinski definition) is 5. The summed E-state index contributed by atoms with van der Waals surface area (Å²) in [5.41, 5.74) is 5.02. The number of benzene rings is 1. The van der Waals surface area contributed by atoms with E-state index in [0.29, 0.717) is 36.5 Å². The Bertz CT molecular complexity index is 1280. The van der Waals surface area contributed by atoms with Crippen molar-refractivity contribution in [3.63, 3.8) is 0 Å². The number of carboxylic acid groups (broad SMARTS) is 1. The standard InChI is InChI=1S/C24H25FN6O2/c1-30-8-4-15(5-9-30)18-12-17(2-3-20(18)25)28-22-19-13-21(29-23(19)27-14-26-22)16-6-10-31(11-7-16)24(32)33/h2-4,6,12-14H,5,7-11H2,1H3,(H,32,33)(H2,26,27,28,29). The van der Waals surface area contributed by atoms with Gasteiger partial charge in [0.1, 0.15) is 23.6 Å². The van der Waals surface area contributed by atoms with Gasteiger partial charge < -0.3 is 25.2 Å². The smallest absolute Gasteiger partial charge is 0.407 e. The molecule has 4 heterocycles. The highest BCUT2D eigenvalue weighted by Gasteiger charge is 2.19. The predicted octanol–water partition coefficient (Wildman–Crippen LogP) is 4.33. The van der Waals surface area contributed by atoms with E-state index >= 15 is 0 Å². The fourth-order valence-corrected chi connectivity index (χ4v) is 4.30. The maximum absolute atomic E-state index is 14.6. The second-order valence-corrected chi connectivity index (χ2v) is 8.44. The molecule has 1 amide bonds. The molecule has 170 valence electrons. The molecular weight excluding hydrogens is 423 g/mol. The van der Waals surface area contributed by atoms with Crippen molar-refractivity contribution in [1.29, 1.82) is 0 Å². The van der Waals surface area contributed by atoms with Gasteiger partial charge in [-0.2, -0.15) is 0 Å². The number of fused-ring (bicyclic) bond motifs is 1. The summed E-state index contributed by atoms with van der Waals surface area (Å²) >= 11 is 0. The van der Waals surface area contributed by atoms with Gasteiger partial charge in [-0.3, -0.25) is 0 Å². The zero-order valence-electron chi connectivity index (χ0n) is 18.3. The zero-order valence-corrected chi connectivity index (χ0v) is 18.3. The van der Waals surface area contributed by atoms with E-state index in [-0.39, 0.29) is 5.82 Å². The van der Waals surface area contributed by atoms with Crippen molar-refractivity contribution >= 4 is 39.8 Å². The molecular formula is C24H25FN6O2. The van der Waals surface area contributed by atoms with Gasteiger partial charge >= 0.3 is 6.09 Å². The van der Waals surface area contributed by atoms with Crippen molar-refractivity contribution in [2.24, 2.45) is 0 Å². The van der Waals surface area contributed by atoms with E-state index in [9.17, 15) is 9.18 Å². The Labute approximate surface area is 190 Å². The highest BCUT2D eigenvalue weighted by Crippen LogP contribution is 2.31. The van der Waals surface area contributed by atoms with E-state index in [2.05, 4.69) is 38.3 Å². The minimum atomic E-state index is -0.908. The lowest BCUT2D eigenvalue weighted by Gasteiger charge is -2.23. The number of hydrogen-bond donors (Lipinski definition) is 3. The summed E-state index contributed by atoms with van der Waals surface area (Å²) in [6.45, 7) is 2.53. The van der Waals surface area contributed by atoms with Gasteiger partial charge in [-0.1, -0.05) is 12.2 Å². The van der Waals surface area contributed by atoms with Crippen LogP contribution >= 0.6 is 0 Å². The lowest BCUT2D eigenvalue weighted by molar-refractivity contribution is 0.150. The van der Waals surface area contributed by atoms with Crippen molar-refractivity contribution in [2.45, 2.75) is 12.8 Å². The van der Waals surface area contributed by atoms with Crippen molar-refractivity contribution < 1.29 is 14.3 Å². The van der Waals surface area contributed by atoms with Crippen molar-refractivity contribution in [1.82, 2.24) is 24.8 Å². The SMILES string of the molecule is CN1CC=C(c2cc(Nc3ncnc4[nH]c(C5=CCN(C(=O)O)CC5)cc34)ccc2F)CC1. The maximum atomic E-state index is 14.6. The number of anilines is 2. The molecule has 0 saturated carbocycles. The number of rotatable bonds is 4. The topological polar surface area (TPSA) is 97.4 Å². The van der Waals surface area contributed by atoms with Crippen molar-refractivity contribution in [2.75, 3.05) is 38.5 Å². The molecule has 0 spiro atoms. The van der Waals surface area contributed by atoms with Crippen LogP contribution in [0.25, 0.3) is 22.2 Å². The Morgan fingerprint density at radius 3 is 2.67 bits per heavy atom. The molecule has 0 saturated heterocycles. The third-order valence-electron chi connectivity index (χ3n) is 6.24. The first kappa shape index (κ1) is 21.1. The molecule has 8 nitrogen and oxygen atoms in total.